The molecule has 0 saturated heterocycles. The third-order valence-corrected chi connectivity index (χ3v) is 5.24. The van der Waals surface area contributed by atoms with Crippen molar-refractivity contribution in [2.24, 2.45) is 0 Å². The van der Waals surface area contributed by atoms with Crippen LogP contribution in [0.3, 0.4) is 0 Å². The van der Waals surface area contributed by atoms with E-state index < -0.39 is 54.8 Å². The minimum Gasteiger partial charge on any atom is -0.251 e. The van der Waals surface area contributed by atoms with E-state index in [0.29, 0.717) is 0 Å². The van der Waals surface area contributed by atoms with Gasteiger partial charge in [0.25, 0.3) is 0 Å². The molecule has 0 radical (unpaired) electrons. The van der Waals surface area contributed by atoms with Gasteiger partial charge in [0.2, 0.25) is 0 Å². The first-order valence-corrected chi connectivity index (χ1v) is 7.82. The Morgan fingerprint density at radius 1 is 0.680 bits per heavy atom. The van der Waals surface area contributed by atoms with Gasteiger partial charge in [0.05, 0.1) is 30.7 Å². The highest BCUT2D eigenvalue weighted by Crippen LogP contribution is 2.50. The van der Waals surface area contributed by atoms with Crippen molar-refractivity contribution >= 4 is 58.0 Å². The first kappa shape index (κ1) is 20.7. The molecule has 2 rings (SSSR count). The molecule has 1 heterocycles. The summed E-state index contributed by atoms with van der Waals surface area (Å²) in [6.45, 7) is 0. The molecule has 0 unspecified atom stereocenters. The fraction of sp³-hybridized carbons (Fsp3) is 0.154. The van der Waals surface area contributed by atoms with Crippen molar-refractivity contribution in [1.82, 2.24) is 4.98 Å². The van der Waals surface area contributed by atoms with E-state index in [1.54, 1.807) is 0 Å². The first-order chi connectivity index (χ1) is 11.3. The Bertz CT molecular complexity index is 817. The van der Waals surface area contributed by atoms with Gasteiger partial charge in [0, 0.05) is 17.3 Å². The molecule has 0 aliphatic heterocycles. The van der Waals surface area contributed by atoms with Crippen molar-refractivity contribution < 1.29 is 26.3 Å². The van der Waals surface area contributed by atoms with Gasteiger partial charge >= 0.3 is 12.4 Å². The first-order valence-electron chi connectivity index (χ1n) is 5.93. The molecule has 0 N–H and O–H groups in total. The summed E-state index contributed by atoms with van der Waals surface area (Å²) < 4.78 is 78.2. The van der Waals surface area contributed by atoms with Gasteiger partial charge in [-0.05, 0) is 6.07 Å². The Balaban J connectivity index is 2.96. The third-order valence-electron chi connectivity index (χ3n) is 2.96. The molecule has 0 bridgehead atoms. The fourth-order valence-electron chi connectivity index (χ4n) is 1.88. The summed E-state index contributed by atoms with van der Waals surface area (Å²) in [4.78, 5) is 2.88. The lowest BCUT2D eigenvalue weighted by molar-refractivity contribution is -0.143. The van der Waals surface area contributed by atoms with E-state index in [4.69, 9.17) is 58.0 Å². The zero-order valence-electron chi connectivity index (χ0n) is 11.3. The molecule has 0 amide bonds. The van der Waals surface area contributed by atoms with Crippen molar-refractivity contribution in [1.29, 1.82) is 0 Å². The number of hydrogen-bond acceptors (Lipinski definition) is 1. The number of benzene rings is 1. The van der Waals surface area contributed by atoms with Crippen molar-refractivity contribution in [3.05, 3.63) is 48.6 Å². The summed E-state index contributed by atoms with van der Waals surface area (Å²) in [5.74, 6) is 0. The predicted octanol–water partition coefficient (Wildman–Crippen LogP) is 8.05. The molecule has 25 heavy (non-hydrogen) atoms. The smallest absolute Gasteiger partial charge is 0.251 e. The van der Waals surface area contributed by atoms with E-state index in [2.05, 4.69) is 4.98 Å². The summed E-state index contributed by atoms with van der Waals surface area (Å²) in [6, 6.07) is 0.212. The molecule has 0 saturated carbocycles. The van der Waals surface area contributed by atoms with Gasteiger partial charge in [0.15, 0.2) is 5.69 Å². The molecule has 0 fully saturated rings. The molecule has 0 aliphatic carbocycles. The SMILES string of the molecule is FC(F)(F)c1cnc(C(F)(F)F)c(-c2c(Cl)c(Cl)c(Cl)c(Cl)c2Cl)c1. The zero-order valence-corrected chi connectivity index (χ0v) is 15.0. The van der Waals surface area contributed by atoms with Crippen LogP contribution in [0.5, 0.6) is 0 Å². The van der Waals surface area contributed by atoms with E-state index in [0.717, 1.165) is 0 Å². The van der Waals surface area contributed by atoms with Crippen LogP contribution in [0.2, 0.25) is 25.1 Å². The van der Waals surface area contributed by atoms with E-state index in [9.17, 15) is 26.3 Å². The Morgan fingerprint density at radius 3 is 1.52 bits per heavy atom. The van der Waals surface area contributed by atoms with Gasteiger partial charge in [-0.15, -0.1) is 0 Å². The molecule has 0 spiro atoms. The summed E-state index contributed by atoms with van der Waals surface area (Å²) in [6.07, 6.45) is -10.00. The second-order valence-electron chi connectivity index (χ2n) is 4.56. The van der Waals surface area contributed by atoms with Crippen molar-refractivity contribution in [3.63, 3.8) is 0 Å². The van der Waals surface area contributed by atoms with E-state index >= 15 is 0 Å². The number of aromatic nitrogens is 1. The number of rotatable bonds is 1. The Labute approximate surface area is 161 Å². The average Bonchev–Trinajstić information content (AvgIpc) is 2.49. The van der Waals surface area contributed by atoms with Gasteiger partial charge < -0.3 is 0 Å². The lowest BCUT2D eigenvalue weighted by Gasteiger charge is -2.18. The highest BCUT2D eigenvalue weighted by molar-refractivity contribution is 6.56. The highest BCUT2D eigenvalue weighted by Gasteiger charge is 2.40. The second kappa shape index (κ2) is 6.85. The van der Waals surface area contributed by atoms with Crippen molar-refractivity contribution in [2.75, 3.05) is 0 Å². The van der Waals surface area contributed by atoms with Crippen LogP contribution < -0.4 is 0 Å². The summed E-state index contributed by atoms with van der Waals surface area (Å²) >= 11 is 29.0. The number of halogens is 11. The van der Waals surface area contributed by atoms with Gasteiger partial charge in [0.1, 0.15) is 0 Å². The van der Waals surface area contributed by atoms with Crippen LogP contribution in [0.1, 0.15) is 11.3 Å². The maximum atomic E-state index is 13.2. The maximum absolute atomic E-state index is 13.2. The van der Waals surface area contributed by atoms with Gasteiger partial charge in [-0.2, -0.15) is 26.3 Å². The lowest BCUT2D eigenvalue weighted by Crippen LogP contribution is -2.14. The van der Waals surface area contributed by atoms with Crippen LogP contribution in [-0.2, 0) is 12.4 Å². The quantitative estimate of drug-likeness (QED) is 0.237. The molecular formula is C13H2Cl5F6N. The number of hydrogen-bond donors (Lipinski definition) is 0. The van der Waals surface area contributed by atoms with Crippen LogP contribution in [-0.4, -0.2) is 4.98 Å². The van der Waals surface area contributed by atoms with E-state index in [1.807, 2.05) is 0 Å². The minimum atomic E-state index is -5.09. The van der Waals surface area contributed by atoms with E-state index in [1.165, 1.54) is 0 Å². The molecule has 1 aromatic heterocycles. The number of nitrogens with zero attached hydrogens (tertiary/aromatic N) is 1. The molecule has 1 nitrogen and oxygen atoms in total. The Kier molecular flexibility index (Phi) is 5.67. The molecule has 2 aromatic rings. The van der Waals surface area contributed by atoms with Gasteiger partial charge in [-0.3, -0.25) is 4.98 Å². The monoisotopic (exact) mass is 461 g/mol. The Hall–Kier alpha value is -0.600. The number of pyridine rings is 1. The van der Waals surface area contributed by atoms with Crippen LogP contribution in [0.25, 0.3) is 11.1 Å². The topological polar surface area (TPSA) is 12.9 Å². The van der Waals surface area contributed by atoms with Crippen LogP contribution in [0.4, 0.5) is 26.3 Å². The largest absolute Gasteiger partial charge is 0.433 e. The average molecular weight is 463 g/mol. The van der Waals surface area contributed by atoms with Crippen LogP contribution in [0, 0.1) is 0 Å². The molecule has 1 aromatic carbocycles. The lowest BCUT2D eigenvalue weighted by atomic mass is 10.0. The molecule has 0 aliphatic rings. The van der Waals surface area contributed by atoms with Gasteiger partial charge in [-0.1, -0.05) is 58.0 Å². The van der Waals surface area contributed by atoms with E-state index in [-0.39, 0.29) is 17.3 Å². The normalized spacial score (nSPS) is 12.6. The standard InChI is InChI=1S/C13H2Cl5F6N/c14-6-5(7(15)9(17)10(18)8(6)16)4-1-3(12(19,20)21)2-25-11(4)13(22,23)24/h1-2H. The molecule has 0 atom stereocenters. The maximum Gasteiger partial charge on any atom is 0.433 e. The predicted molar refractivity (Wildman–Crippen MR) is 84.7 cm³/mol. The Morgan fingerprint density at radius 2 is 1.12 bits per heavy atom. The zero-order chi connectivity index (χ0) is 19.3. The summed E-state index contributed by atoms with van der Waals surface area (Å²) in [5, 5.41) is -2.45. The highest BCUT2D eigenvalue weighted by atomic mass is 35.5. The second-order valence-corrected chi connectivity index (χ2v) is 6.45. The molecule has 12 heteroatoms. The molecule has 136 valence electrons. The summed E-state index contributed by atoms with van der Waals surface area (Å²) in [5.41, 5.74) is -4.77. The van der Waals surface area contributed by atoms with Gasteiger partial charge in [-0.25, -0.2) is 0 Å². The van der Waals surface area contributed by atoms with Crippen LogP contribution in [0.15, 0.2) is 12.3 Å². The minimum absolute atomic E-state index is 0.0489. The third kappa shape index (κ3) is 3.90. The summed E-state index contributed by atoms with van der Waals surface area (Å²) in [7, 11) is 0. The van der Waals surface area contributed by atoms with Crippen molar-refractivity contribution in [3.8, 4) is 11.1 Å². The molecular weight excluding hydrogens is 461 g/mol. The fourth-order valence-corrected chi connectivity index (χ4v) is 3.22. The number of alkyl halides is 6. The van der Waals surface area contributed by atoms with Crippen LogP contribution >= 0.6 is 58.0 Å². The van der Waals surface area contributed by atoms with Crippen molar-refractivity contribution in [2.45, 2.75) is 12.4 Å².